The molecule has 12 heavy (non-hydrogen) atoms. The van der Waals surface area contributed by atoms with E-state index in [2.05, 4.69) is 31.4 Å². The molecule has 2 N–H and O–H groups in total. The fourth-order valence-electron chi connectivity index (χ4n) is 1.59. The molecule has 0 aromatic carbocycles. The van der Waals surface area contributed by atoms with E-state index in [1.165, 1.54) is 12.8 Å². The predicted octanol–water partition coefficient (Wildman–Crippen LogP) is 1.66. The Morgan fingerprint density at radius 1 is 1.58 bits per heavy atom. The zero-order chi connectivity index (χ0) is 9.14. The maximum atomic E-state index is 5.10. The topological polar surface area (TPSA) is 24.1 Å². The van der Waals surface area contributed by atoms with Crippen molar-refractivity contribution >= 4 is 17.3 Å². The highest BCUT2D eigenvalue weighted by molar-refractivity contribution is 7.80. The van der Waals surface area contributed by atoms with Crippen molar-refractivity contribution in [2.45, 2.75) is 45.7 Å². The Labute approximate surface area is 80.1 Å². The van der Waals surface area contributed by atoms with Gasteiger partial charge in [-0.05, 0) is 31.5 Å². The quantitative estimate of drug-likeness (QED) is 0.641. The van der Waals surface area contributed by atoms with Crippen LogP contribution in [0, 0.1) is 5.92 Å². The van der Waals surface area contributed by atoms with Gasteiger partial charge in [0.2, 0.25) is 0 Å². The average Bonchev–Trinajstić information content (AvgIpc) is 2.01. The summed E-state index contributed by atoms with van der Waals surface area (Å²) < 4.78 is 0. The average molecular weight is 186 g/mol. The van der Waals surface area contributed by atoms with Crippen molar-refractivity contribution in [1.29, 1.82) is 0 Å². The third kappa shape index (κ3) is 2.34. The largest absolute Gasteiger partial charge is 0.360 e. The summed E-state index contributed by atoms with van der Waals surface area (Å²) in [7, 11) is 0. The Hall–Kier alpha value is -0.310. The Balaban J connectivity index is 2.49. The monoisotopic (exact) mass is 186 g/mol. The number of rotatable bonds is 2. The molecule has 2 nitrogen and oxygen atoms in total. The Morgan fingerprint density at radius 3 is 2.75 bits per heavy atom. The third-order valence-corrected chi connectivity index (χ3v) is 2.87. The van der Waals surface area contributed by atoms with Crippen LogP contribution in [0.4, 0.5) is 0 Å². The molecule has 3 unspecified atom stereocenters. The smallest absolute Gasteiger partial charge is 0.166 e. The fraction of sp³-hybridized carbons (Fsp3) is 0.889. The maximum absolute atomic E-state index is 5.10. The molecule has 1 aliphatic heterocycles. The second kappa shape index (κ2) is 4.08. The summed E-state index contributed by atoms with van der Waals surface area (Å²) >= 11 is 5.10. The van der Waals surface area contributed by atoms with Crippen LogP contribution >= 0.6 is 12.2 Å². The van der Waals surface area contributed by atoms with Gasteiger partial charge in [0.15, 0.2) is 5.11 Å². The summed E-state index contributed by atoms with van der Waals surface area (Å²) in [6, 6.07) is 1.09. The number of hydrogen-bond donors (Lipinski definition) is 2. The highest BCUT2D eigenvalue weighted by Crippen LogP contribution is 2.15. The van der Waals surface area contributed by atoms with Gasteiger partial charge in [0.1, 0.15) is 0 Å². The predicted molar refractivity (Wildman–Crippen MR) is 56.2 cm³/mol. The number of nitrogens with one attached hydrogen (secondary N) is 2. The zero-order valence-corrected chi connectivity index (χ0v) is 8.87. The zero-order valence-electron chi connectivity index (χ0n) is 8.05. The molecule has 1 rings (SSSR count). The first-order valence-electron chi connectivity index (χ1n) is 4.70. The van der Waals surface area contributed by atoms with Gasteiger partial charge >= 0.3 is 0 Å². The molecule has 0 spiro atoms. The van der Waals surface area contributed by atoms with Crippen LogP contribution in [-0.4, -0.2) is 17.2 Å². The van der Waals surface area contributed by atoms with Crippen LogP contribution in [0.3, 0.4) is 0 Å². The molecule has 1 fully saturated rings. The van der Waals surface area contributed by atoms with E-state index in [0.29, 0.717) is 18.0 Å². The molecule has 0 saturated carbocycles. The van der Waals surface area contributed by atoms with Gasteiger partial charge in [-0.1, -0.05) is 20.3 Å². The van der Waals surface area contributed by atoms with Gasteiger partial charge in [0, 0.05) is 12.1 Å². The lowest BCUT2D eigenvalue weighted by atomic mass is 9.92. The van der Waals surface area contributed by atoms with E-state index in [0.717, 1.165) is 5.11 Å². The summed E-state index contributed by atoms with van der Waals surface area (Å²) in [5.74, 6) is 0.715. The minimum atomic E-state index is 0.526. The van der Waals surface area contributed by atoms with Crippen LogP contribution in [0.2, 0.25) is 0 Å². The lowest BCUT2D eigenvalue weighted by Gasteiger charge is -2.34. The molecule has 0 aromatic rings. The molecule has 1 aliphatic rings. The second-order valence-electron chi connectivity index (χ2n) is 3.75. The van der Waals surface area contributed by atoms with Crippen LogP contribution < -0.4 is 10.6 Å². The molecule has 0 amide bonds. The van der Waals surface area contributed by atoms with Gasteiger partial charge in [-0.3, -0.25) is 0 Å². The van der Waals surface area contributed by atoms with Crippen LogP contribution in [-0.2, 0) is 0 Å². The van der Waals surface area contributed by atoms with E-state index in [1.807, 2.05) is 0 Å². The molecular weight excluding hydrogens is 168 g/mol. The Morgan fingerprint density at radius 2 is 2.25 bits per heavy atom. The van der Waals surface area contributed by atoms with Gasteiger partial charge < -0.3 is 10.6 Å². The van der Waals surface area contributed by atoms with E-state index in [-0.39, 0.29) is 0 Å². The van der Waals surface area contributed by atoms with E-state index in [4.69, 9.17) is 12.2 Å². The molecule has 3 heteroatoms. The van der Waals surface area contributed by atoms with Crippen molar-refractivity contribution in [3.05, 3.63) is 0 Å². The van der Waals surface area contributed by atoms with Crippen molar-refractivity contribution in [1.82, 2.24) is 10.6 Å². The minimum absolute atomic E-state index is 0.526. The number of thiocarbonyl (C=S) groups is 1. The van der Waals surface area contributed by atoms with Crippen LogP contribution in [0.25, 0.3) is 0 Å². The molecule has 0 aliphatic carbocycles. The Bertz CT molecular complexity index is 170. The van der Waals surface area contributed by atoms with Crippen LogP contribution in [0.5, 0.6) is 0 Å². The highest BCUT2D eigenvalue weighted by atomic mass is 32.1. The lowest BCUT2D eigenvalue weighted by Crippen LogP contribution is -2.55. The number of hydrogen-bond acceptors (Lipinski definition) is 1. The summed E-state index contributed by atoms with van der Waals surface area (Å²) in [6.45, 7) is 6.68. The van der Waals surface area contributed by atoms with Gasteiger partial charge in [0.25, 0.3) is 0 Å². The maximum Gasteiger partial charge on any atom is 0.166 e. The summed E-state index contributed by atoms with van der Waals surface area (Å²) in [6.07, 6.45) is 2.39. The van der Waals surface area contributed by atoms with E-state index >= 15 is 0 Å². The standard InChI is InChI=1S/C9H18N2S/c1-4-6(2)8-5-7(3)10-9(12)11-8/h6-8H,4-5H2,1-3H3,(H2,10,11,12). The molecule has 70 valence electrons. The van der Waals surface area contributed by atoms with Gasteiger partial charge in [-0.25, -0.2) is 0 Å². The Kier molecular flexibility index (Phi) is 3.32. The first-order chi connectivity index (χ1) is 5.63. The van der Waals surface area contributed by atoms with Gasteiger partial charge in [-0.2, -0.15) is 0 Å². The molecule has 3 atom stereocenters. The first-order valence-corrected chi connectivity index (χ1v) is 5.11. The van der Waals surface area contributed by atoms with E-state index < -0.39 is 0 Å². The molecule has 0 aromatic heterocycles. The van der Waals surface area contributed by atoms with Crippen molar-refractivity contribution in [2.24, 2.45) is 5.92 Å². The molecule has 0 bridgehead atoms. The van der Waals surface area contributed by atoms with E-state index in [9.17, 15) is 0 Å². The van der Waals surface area contributed by atoms with Gasteiger partial charge in [-0.15, -0.1) is 0 Å². The summed E-state index contributed by atoms with van der Waals surface area (Å²) in [5.41, 5.74) is 0. The minimum Gasteiger partial charge on any atom is -0.360 e. The SMILES string of the molecule is CCC(C)C1CC(C)NC(=S)N1. The first kappa shape index (κ1) is 9.78. The molecule has 1 heterocycles. The molecule has 0 radical (unpaired) electrons. The van der Waals surface area contributed by atoms with Crippen LogP contribution in [0.15, 0.2) is 0 Å². The van der Waals surface area contributed by atoms with E-state index in [1.54, 1.807) is 0 Å². The fourth-order valence-corrected chi connectivity index (χ4v) is 1.94. The van der Waals surface area contributed by atoms with Crippen molar-refractivity contribution in [2.75, 3.05) is 0 Å². The highest BCUT2D eigenvalue weighted by Gasteiger charge is 2.23. The third-order valence-electron chi connectivity index (χ3n) is 2.63. The summed E-state index contributed by atoms with van der Waals surface area (Å²) in [4.78, 5) is 0. The molecular formula is C9H18N2S. The van der Waals surface area contributed by atoms with Crippen molar-refractivity contribution in [3.8, 4) is 0 Å². The normalized spacial score (nSPS) is 32.1. The summed E-state index contributed by atoms with van der Waals surface area (Å²) in [5, 5.41) is 7.34. The van der Waals surface area contributed by atoms with Crippen molar-refractivity contribution in [3.63, 3.8) is 0 Å². The van der Waals surface area contributed by atoms with Crippen molar-refractivity contribution < 1.29 is 0 Å². The second-order valence-corrected chi connectivity index (χ2v) is 4.15. The van der Waals surface area contributed by atoms with Crippen LogP contribution in [0.1, 0.15) is 33.6 Å². The van der Waals surface area contributed by atoms with Gasteiger partial charge in [0.05, 0.1) is 0 Å². The lowest BCUT2D eigenvalue weighted by molar-refractivity contribution is 0.337. The molecule has 1 saturated heterocycles.